The smallest absolute Gasteiger partial charge is 0.197 e. The van der Waals surface area contributed by atoms with Gasteiger partial charge in [-0.1, -0.05) is 0 Å². The van der Waals surface area contributed by atoms with E-state index in [1.54, 1.807) is 0 Å². The molecule has 0 aliphatic carbocycles. The molecule has 0 unspecified atom stereocenters. The maximum atomic E-state index is 13.5. The van der Waals surface area contributed by atoms with Crippen LogP contribution in [0.25, 0.3) is 0 Å². The Morgan fingerprint density at radius 3 is 0.917 bits per heavy atom. The second-order valence-corrected chi connectivity index (χ2v) is 11.9. The van der Waals surface area contributed by atoms with Gasteiger partial charge >= 0.3 is 0 Å². The van der Waals surface area contributed by atoms with E-state index in [4.69, 9.17) is 0 Å². The van der Waals surface area contributed by atoms with Gasteiger partial charge in [-0.15, -0.1) is 0 Å². The standard InChI is InChI=1S/C17H12I6O/c1-5-11(18)6(2)14(21)9(13(5)20)17(24)10-15(22)7(3)12(19)8(4)16(10)23/h1-4H3. The van der Waals surface area contributed by atoms with Crippen molar-refractivity contribution in [2.75, 3.05) is 0 Å². The van der Waals surface area contributed by atoms with E-state index in [1.807, 2.05) is 0 Å². The third kappa shape index (κ3) is 3.95. The number of hydrogen-bond acceptors (Lipinski definition) is 1. The highest BCUT2D eigenvalue weighted by atomic mass is 127. The minimum Gasteiger partial charge on any atom is -0.288 e. The van der Waals surface area contributed by atoms with Gasteiger partial charge < -0.3 is 0 Å². The number of carbonyl (C=O) groups is 1. The number of rotatable bonds is 2. The number of ketones is 1. The molecular weight excluding hydrogens is 982 g/mol. The first kappa shape index (κ1) is 22.8. The molecule has 0 amide bonds. The minimum absolute atomic E-state index is 0.141. The van der Waals surface area contributed by atoms with Crippen molar-refractivity contribution < 1.29 is 4.79 Å². The van der Waals surface area contributed by atoms with Crippen molar-refractivity contribution in [3.05, 3.63) is 54.8 Å². The summed E-state index contributed by atoms with van der Waals surface area (Å²) >= 11 is 14.1. The van der Waals surface area contributed by atoms with Gasteiger partial charge in [0.05, 0.1) is 0 Å². The number of benzene rings is 2. The van der Waals surface area contributed by atoms with Gasteiger partial charge in [-0.05, 0) is 185 Å². The van der Waals surface area contributed by atoms with Crippen LogP contribution in [0.4, 0.5) is 0 Å². The first-order valence-electron chi connectivity index (χ1n) is 6.84. The molecule has 2 rings (SSSR count). The van der Waals surface area contributed by atoms with E-state index >= 15 is 0 Å². The normalized spacial score (nSPS) is 11.1. The molecule has 0 fully saturated rings. The molecule has 1 nitrogen and oxygen atoms in total. The summed E-state index contributed by atoms with van der Waals surface area (Å²) in [5.41, 5.74) is 6.48. The predicted molar refractivity (Wildman–Crippen MR) is 152 cm³/mol. The first-order valence-corrected chi connectivity index (χ1v) is 13.3. The monoisotopic (exact) mass is 994 g/mol. The van der Waals surface area contributed by atoms with Gasteiger partial charge in [0.2, 0.25) is 0 Å². The zero-order valence-electron chi connectivity index (χ0n) is 13.2. The van der Waals surface area contributed by atoms with Gasteiger partial charge in [0.15, 0.2) is 5.78 Å². The van der Waals surface area contributed by atoms with E-state index in [-0.39, 0.29) is 5.78 Å². The lowest BCUT2D eigenvalue weighted by Crippen LogP contribution is -2.15. The Morgan fingerprint density at radius 1 is 0.500 bits per heavy atom. The Kier molecular flexibility index (Phi) is 8.43. The van der Waals surface area contributed by atoms with Gasteiger partial charge in [0.25, 0.3) is 0 Å². The van der Waals surface area contributed by atoms with Crippen molar-refractivity contribution in [1.82, 2.24) is 0 Å². The molecule has 0 heterocycles. The SMILES string of the molecule is Cc1c(I)c(C)c(I)c(C(=O)c2c(I)c(C)c(I)c(C)c2I)c1I. The molecule has 0 aliphatic heterocycles. The lowest BCUT2D eigenvalue weighted by molar-refractivity contribution is 0.103. The van der Waals surface area contributed by atoms with Gasteiger partial charge in [-0.3, -0.25) is 4.79 Å². The van der Waals surface area contributed by atoms with Crippen LogP contribution in [-0.4, -0.2) is 5.78 Å². The molecular formula is C17H12I6O. The average molecular weight is 994 g/mol. The second kappa shape index (κ2) is 8.88. The zero-order chi connectivity index (χ0) is 18.5. The van der Waals surface area contributed by atoms with Crippen LogP contribution in [-0.2, 0) is 0 Å². The molecule has 24 heavy (non-hydrogen) atoms. The fourth-order valence-corrected chi connectivity index (χ4v) is 9.73. The van der Waals surface area contributed by atoms with Crippen molar-refractivity contribution >= 4 is 141 Å². The maximum Gasteiger partial charge on any atom is 0.197 e. The Labute approximate surface area is 224 Å². The molecule has 0 aliphatic rings. The quantitative estimate of drug-likeness (QED) is 0.222. The third-order valence-corrected chi connectivity index (χ3v) is 12.6. The van der Waals surface area contributed by atoms with E-state index in [0.29, 0.717) is 0 Å². The van der Waals surface area contributed by atoms with E-state index in [2.05, 4.69) is 163 Å². The van der Waals surface area contributed by atoms with Gasteiger partial charge in [-0.25, -0.2) is 0 Å². The summed E-state index contributed by atoms with van der Waals surface area (Å²) in [6.07, 6.45) is 0. The van der Waals surface area contributed by atoms with Crippen LogP contribution in [0, 0.1) is 49.1 Å². The highest BCUT2D eigenvalue weighted by Gasteiger charge is 2.27. The van der Waals surface area contributed by atoms with E-state index < -0.39 is 0 Å². The minimum atomic E-state index is 0.141. The van der Waals surface area contributed by atoms with E-state index in [0.717, 1.165) is 25.4 Å². The molecule has 2 aromatic rings. The van der Waals surface area contributed by atoms with E-state index in [9.17, 15) is 4.79 Å². The average Bonchev–Trinajstić information content (AvgIpc) is 2.55. The van der Waals surface area contributed by atoms with Crippen LogP contribution in [0.5, 0.6) is 0 Å². The van der Waals surface area contributed by atoms with Gasteiger partial charge in [0, 0.05) is 32.5 Å². The fourth-order valence-electron chi connectivity index (χ4n) is 2.41. The van der Waals surface area contributed by atoms with E-state index in [1.165, 1.54) is 29.4 Å². The van der Waals surface area contributed by atoms with Crippen LogP contribution >= 0.6 is 136 Å². The molecule has 0 spiro atoms. The van der Waals surface area contributed by atoms with Crippen LogP contribution in [0.15, 0.2) is 0 Å². The zero-order valence-corrected chi connectivity index (χ0v) is 26.1. The Hall–Kier alpha value is 2.49. The molecule has 7 heteroatoms. The fraction of sp³-hybridized carbons (Fsp3) is 0.235. The second-order valence-electron chi connectivity index (χ2n) is 5.46. The number of carbonyl (C=O) groups excluding carboxylic acids is 1. The lowest BCUT2D eigenvalue weighted by atomic mass is 9.97. The molecule has 0 N–H and O–H groups in total. The van der Waals surface area contributed by atoms with Crippen molar-refractivity contribution in [1.29, 1.82) is 0 Å². The molecule has 0 radical (unpaired) electrons. The van der Waals surface area contributed by atoms with Crippen LogP contribution in [0.3, 0.4) is 0 Å². The summed E-state index contributed by atoms with van der Waals surface area (Å²) in [5.74, 6) is 0.141. The van der Waals surface area contributed by atoms with Gasteiger partial charge in [0.1, 0.15) is 0 Å². The van der Waals surface area contributed by atoms with Gasteiger partial charge in [-0.2, -0.15) is 0 Å². The lowest BCUT2D eigenvalue weighted by Gasteiger charge is -2.18. The number of halogens is 6. The third-order valence-electron chi connectivity index (χ3n) is 3.97. The largest absolute Gasteiger partial charge is 0.288 e. The molecule has 128 valence electrons. The van der Waals surface area contributed by atoms with Crippen molar-refractivity contribution in [3.63, 3.8) is 0 Å². The molecule has 0 atom stereocenters. The highest BCUT2D eigenvalue weighted by molar-refractivity contribution is 14.1. The first-order chi connectivity index (χ1) is 11.0. The topological polar surface area (TPSA) is 17.1 Å². The summed E-state index contributed by atoms with van der Waals surface area (Å²) in [6, 6.07) is 0. The maximum absolute atomic E-state index is 13.5. The van der Waals surface area contributed by atoms with Crippen LogP contribution in [0.1, 0.15) is 38.2 Å². The Bertz CT molecular complexity index is 756. The molecule has 0 bridgehead atoms. The highest BCUT2D eigenvalue weighted by Crippen LogP contribution is 2.36. The summed E-state index contributed by atoms with van der Waals surface area (Å²) in [4.78, 5) is 13.5. The van der Waals surface area contributed by atoms with Crippen LogP contribution < -0.4 is 0 Å². The molecule has 2 aromatic carbocycles. The predicted octanol–water partition coefficient (Wildman–Crippen LogP) is 7.78. The van der Waals surface area contributed by atoms with Crippen molar-refractivity contribution in [2.24, 2.45) is 0 Å². The molecule has 0 aromatic heterocycles. The van der Waals surface area contributed by atoms with Crippen molar-refractivity contribution in [3.8, 4) is 0 Å². The summed E-state index contributed by atoms with van der Waals surface area (Å²) in [6.45, 7) is 8.40. The number of hydrogen-bond donors (Lipinski definition) is 0. The summed E-state index contributed by atoms with van der Waals surface area (Å²) in [7, 11) is 0. The summed E-state index contributed by atoms with van der Waals surface area (Å²) < 4.78 is 6.76. The summed E-state index contributed by atoms with van der Waals surface area (Å²) in [5, 5.41) is 0. The molecule has 0 saturated carbocycles. The van der Waals surface area contributed by atoms with Crippen LogP contribution in [0.2, 0.25) is 0 Å². The Morgan fingerprint density at radius 2 is 0.708 bits per heavy atom. The van der Waals surface area contributed by atoms with Crippen molar-refractivity contribution in [2.45, 2.75) is 27.7 Å². The molecule has 0 saturated heterocycles. The Balaban J connectivity index is 2.87.